The average molecular weight is 275 g/mol. The van der Waals surface area contributed by atoms with Gasteiger partial charge in [-0.25, -0.2) is 0 Å². The highest BCUT2D eigenvalue weighted by atomic mass is 19.4. The Morgan fingerprint density at radius 3 is 1.95 bits per heavy atom. The van der Waals surface area contributed by atoms with Crippen LogP contribution in [0, 0.1) is 0 Å². The Bertz CT molecular complexity index is 406. The molecule has 0 unspecified atom stereocenters. The van der Waals surface area contributed by atoms with Crippen LogP contribution in [0.5, 0.6) is 0 Å². The lowest BCUT2D eigenvalue weighted by Crippen LogP contribution is -2.38. The van der Waals surface area contributed by atoms with Crippen LogP contribution >= 0.6 is 0 Å². The number of hydrogen-bond donors (Lipinski definition) is 2. The van der Waals surface area contributed by atoms with Gasteiger partial charge in [0.05, 0.1) is 6.10 Å². The standard InChI is InChI=1S/C14H20F3NO/c1-13(2,3)10-6-4-9(5-7-10)11(19)8-12(18)14(15,16)17/h4-7,11-12,19H,8,18H2,1-3H3/t11-,12+/m0/s1. The molecule has 1 rings (SSSR count). The number of hydrogen-bond acceptors (Lipinski definition) is 2. The molecule has 0 bridgehead atoms. The van der Waals surface area contributed by atoms with Crippen molar-refractivity contribution < 1.29 is 18.3 Å². The first-order valence-corrected chi connectivity index (χ1v) is 6.12. The molecule has 3 N–H and O–H groups in total. The minimum absolute atomic E-state index is 0.0359. The maximum atomic E-state index is 12.3. The number of halogens is 3. The van der Waals surface area contributed by atoms with Gasteiger partial charge in [-0.15, -0.1) is 0 Å². The first kappa shape index (κ1) is 16.0. The number of rotatable bonds is 3. The van der Waals surface area contributed by atoms with Gasteiger partial charge in [0, 0.05) is 6.42 Å². The highest BCUT2D eigenvalue weighted by Crippen LogP contribution is 2.28. The van der Waals surface area contributed by atoms with Gasteiger partial charge in [0.1, 0.15) is 6.04 Å². The van der Waals surface area contributed by atoms with Gasteiger partial charge in [0.25, 0.3) is 0 Å². The Morgan fingerprint density at radius 1 is 1.11 bits per heavy atom. The van der Waals surface area contributed by atoms with Crippen LogP contribution in [0.2, 0.25) is 0 Å². The van der Waals surface area contributed by atoms with Crippen LogP contribution in [0.1, 0.15) is 44.4 Å². The zero-order chi connectivity index (χ0) is 14.8. The van der Waals surface area contributed by atoms with Crippen LogP contribution in [-0.2, 0) is 5.41 Å². The van der Waals surface area contributed by atoms with Crippen molar-refractivity contribution in [1.29, 1.82) is 0 Å². The molecule has 0 aliphatic carbocycles. The van der Waals surface area contributed by atoms with E-state index in [0.717, 1.165) is 5.56 Å². The summed E-state index contributed by atoms with van der Waals surface area (Å²) in [5, 5.41) is 9.77. The van der Waals surface area contributed by atoms with Crippen molar-refractivity contribution in [3.63, 3.8) is 0 Å². The highest BCUT2D eigenvalue weighted by Gasteiger charge is 2.37. The maximum absolute atomic E-state index is 12.3. The fourth-order valence-electron chi connectivity index (χ4n) is 1.72. The summed E-state index contributed by atoms with van der Waals surface area (Å²) in [6.45, 7) is 6.12. The molecule has 0 aliphatic heterocycles. The van der Waals surface area contributed by atoms with Crippen LogP contribution in [0.3, 0.4) is 0 Å². The first-order valence-electron chi connectivity index (χ1n) is 6.12. The molecule has 0 heterocycles. The smallest absolute Gasteiger partial charge is 0.388 e. The number of alkyl halides is 3. The average Bonchev–Trinajstić information content (AvgIpc) is 2.26. The van der Waals surface area contributed by atoms with Crippen LogP contribution in [-0.4, -0.2) is 17.3 Å². The zero-order valence-corrected chi connectivity index (χ0v) is 11.3. The van der Waals surface area contributed by atoms with Crippen molar-refractivity contribution in [2.24, 2.45) is 5.73 Å². The van der Waals surface area contributed by atoms with E-state index in [-0.39, 0.29) is 5.41 Å². The van der Waals surface area contributed by atoms with Gasteiger partial charge in [-0.1, -0.05) is 45.0 Å². The van der Waals surface area contributed by atoms with E-state index in [0.29, 0.717) is 5.56 Å². The number of nitrogens with two attached hydrogens (primary N) is 1. The molecule has 0 aromatic heterocycles. The number of aliphatic hydroxyl groups is 1. The molecule has 1 aromatic carbocycles. The Hall–Kier alpha value is -1.07. The van der Waals surface area contributed by atoms with Gasteiger partial charge in [-0.3, -0.25) is 0 Å². The minimum Gasteiger partial charge on any atom is -0.388 e. The lowest BCUT2D eigenvalue weighted by molar-refractivity contribution is -0.153. The second-order valence-electron chi connectivity index (χ2n) is 5.77. The molecular weight excluding hydrogens is 255 g/mol. The lowest BCUT2D eigenvalue weighted by atomic mass is 9.86. The van der Waals surface area contributed by atoms with Gasteiger partial charge in [0.15, 0.2) is 0 Å². The normalized spacial score (nSPS) is 16.2. The third kappa shape index (κ3) is 4.51. The van der Waals surface area contributed by atoms with Gasteiger partial charge >= 0.3 is 6.18 Å². The molecule has 0 spiro atoms. The zero-order valence-electron chi connectivity index (χ0n) is 11.3. The topological polar surface area (TPSA) is 46.2 Å². The quantitative estimate of drug-likeness (QED) is 0.889. The largest absolute Gasteiger partial charge is 0.403 e. The molecule has 0 fully saturated rings. The fraction of sp³-hybridized carbons (Fsp3) is 0.571. The summed E-state index contributed by atoms with van der Waals surface area (Å²) in [5.74, 6) is 0. The second-order valence-corrected chi connectivity index (χ2v) is 5.77. The molecule has 0 saturated heterocycles. The molecule has 5 heteroatoms. The molecule has 108 valence electrons. The van der Waals surface area contributed by atoms with Crippen molar-refractivity contribution >= 4 is 0 Å². The van der Waals surface area contributed by atoms with E-state index in [9.17, 15) is 18.3 Å². The second kappa shape index (κ2) is 5.51. The monoisotopic (exact) mass is 275 g/mol. The first-order chi connectivity index (χ1) is 8.51. The molecule has 0 radical (unpaired) electrons. The Balaban J connectivity index is 2.76. The molecule has 1 aromatic rings. The summed E-state index contributed by atoms with van der Waals surface area (Å²) in [6, 6.07) is 4.92. The van der Waals surface area contributed by atoms with Crippen molar-refractivity contribution in [2.75, 3.05) is 0 Å². The van der Waals surface area contributed by atoms with E-state index in [2.05, 4.69) is 0 Å². The predicted molar refractivity (Wildman–Crippen MR) is 68.7 cm³/mol. The van der Waals surface area contributed by atoms with Crippen molar-refractivity contribution in [3.05, 3.63) is 35.4 Å². The Kier molecular flexibility index (Phi) is 4.63. The number of aliphatic hydroxyl groups excluding tert-OH is 1. The fourth-order valence-corrected chi connectivity index (χ4v) is 1.72. The van der Waals surface area contributed by atoms with E-state index in [1.165, 1.54) is 0 Å². The summed E-state index contributed by atoms with van der Waals surface area (Å²) in [4.78, 5) is 0. The molecule has 0 aliphatic rings. The summed E-state index contributed by atoms with van der Waals surface area (Å²) >= 11 is 0. The van der Waals surface area contributed by atoms with E-state index >= 15 is 0 Å². The van der Waals surface area contributed by atoms with Crippen LogP contribution in [0.15, 0.2) is 24.3 Å². The van der Waals surface area contributed by atoms with Crippen molar-refractivity contribution in [3.8, 4) is 0 Å². The molecule has 0 amide bonds. The third-order valence-corrected chi connectivity index (χ3v) is 3.06. The maximum Gasteiger partial charge on any atom is 0.403 e. The van der Waals surface area contributed by atoms with Gasteiger partial charge < -0.3 is 10.8 Å². The van der Waals surface area contributed by atoms with E-state index < -0.39 is 24.7 Å². The predicted octanol–water partition coefficient (Wildman–Crippen LogP) is 3.30. The summed E-state index contributed by atoms with van der Waals surface area (Å²) in [5.41, 5.74) is 6.48. The minimum atomic E-state index is -4.48. The molecule has 2 nitrogen and oxygen atoms in total. The SMILES string of the molecule is CC(C)(C)c1ccc([C@@H](O)C[C@@H](N)C(F)(F)F)cc1. The third-order valence-electron chi connectivity index (χ3n) is 3.06. The summed E-state index contributed by atoms with van der Waals surface area (Å²) in [7, 11) is 0. The van der Waals surface area contributed by atoms with Gasteiger partial charge in [-0.05, 0) is 16.5 Å². The molecule has 19 heavy (non-hydrogen) atoms. The molecule has 2 atom stereocenters. The van der Waals surface area contributed by atoms with E-state index in [1.54, 1.807) is 12.1 Å². The highest BCUT2D eigenvalue weighted by molar-refractivity contribution is 5.28. The summed E-state index contributed by atoms with van der Waals surface area (Å²) in [6.07, 6.45) is -6.21. The van der Waals surface area contributed by atoms with Gasteiger partial charge in [0.2, 0.25) is 0 Å². The molecular formula is C14H20F3NO. The molecule has 0 saturated carbocycles. The van der Waals surface area contributed by atoms with Gasteiger partial charge in [-0.2, -0.15) is 13.2 Å². The Morgan fingerprint density at radius 2 is 1.58 bits per heavy atom. The van der Waals surface area contributed by atoms with Crippen molar-refractivity contribution in [2.45, 2.75) is 50.9 Å². The lowest BCUT2D eigenvalue weighted by Gasteiger charge is -2.21. The summed E-state index contributed by atoms with van der Waals surface area (Å²) < 4.78 is 36.9. The van der Waals surface area contributed by atoms with Crippen molar-refractivity contribution in [1.82, 2.24) is 0 Å². The Labute approximate surface area is 111 Å². The van der Waals surface area contributed by atoms with Crippen LogP contribution in [0.4, 0.5) is 13.2 Å². The van der Waals surface area contributed by atoms with Crippen LogP contribution < -0.4 is 5.73 Å². The van der Waals surface area contributed by atoms with E-state index in [1.807, 2.05) is 32.9 Å². The number of benzene rings is 1. The van der Waals surface area contributed by atoms with Crippen LogP contribution in [0.25, 0.3) is 0 Å². The van der Waals surface area contributed by atoms with E-state index in [4.69, 9.17) is 5.73 Å².